The summed E-state index contributed by atoms with van der Waals surface area (Å²) < 4.78 is 0.735. The van der Waals surface area contributed by atoms with Crippen LogP contribution < -0.4 is 0 Å². The smallest absolute Gasteiger partial charge is 0.357 e. The Morgan fingerprint density at radius 3 is 2.17 bits per heavy atom. The second kappa shape index (κ2) is 5.30. The van der Waals surface area contributed by atoms with E-state index in [1.165, 1.54) is 4.90 Å². The third-order valence-corrected chi connectivity index (χ3v) is 2.41. The highest BCUT2D eigenvalue weighted by Gasteiger charge is 2.27. The van der Waals surface area contributed by atoms with Crippen molar-refractivity contribution in [2.24, 2.45) is 0 Å². The molecule has 0 fully saturated rings. The highest BCUT2D eigenvalue weighted by atomic mass is 16.4. The molecule has 0 aliphatic heterocycles. The second-order valence-corrected chi connectivity index (χ2v) is 3.38. The van der Waals surface area contributed by atoms with Crippen LogP contribution in [-0.2, 0) is 0 Å². The van der Waals surface area contributed by atoms with Crippen molar-refractivity contribution in [3.05, 3.63) is 17.7 Å². The highest BCUT2D eigenvalue weighted by Crippen LogP contribution is 2.10. The molecule has 0 atom stereocenters. The first-order valence-electron chi connectivity index (χ1n) is 5.27. The van der Waals surface area contributed by atoms with Gasteiger partial charge in [-0.3, -0.25) is 0 Å². The van der Waals surface area contributed by atoms with Crippen molar-refractivity contribution in [1.29, 1.82) is 0 Å². The summed E-state index contributed by atoms with van der Waals surface area (Å²) in [6.07, 6.45) is 0.910. The summed E-state index contributed by atoms with van der Waals surface area (Å²) in [5.74, 6) is -3.00. The van der Waals surface area contributed by atoms with E-state index in [1.807, 2.05) is 0 Å². The zero-order valence-electron chi connectivity index (χ0n) is 9.95. The van der Waals surface area contributed by atoms with Crippen molar-refractivity contribution in [2.45, 2.75) is 13.8 Å². The van der Waals surface area contributed by atoms with Crippen LogP contribution in [0.4, 0.5) is 4.79 Å². The van der Waals surface area contributed by atoms with E-state index in [-0.39, 0.29) is 0 Å². The monoisotopic (exact) mass is 255 g/mol. The fourth-order valence-corrected chi connectivity index (χ4v) is 1.50. The number of amides is 1. The Hall–Kier alpha value is -2.38. The minimum Gasteiger partial charge on any atom is -0.476 e. The molecule has 8 nitrogen and oxygen atoms in total. The quantitative estimate of drug-likeness (QED) is 0.814. The lowest BCUT2D eigenvalue weighted by atomic mass is 10.3. The minimum absolute atomic E-state index is 0.384. The number of hydrogen-bond acceptors (Lipinski definition) is 4. The molecule has 0 aromatic carbocycles. The lowest BCUT2D eigenvalue weighted by Crippen LogP contribution is -2.35. The Bertz CT molecular complexity index is 490. The molecule has 0 saturated heterocycles. The molecule has 0 aliphatic rings. The van der Waals surface area contributed by atoms with Crippen molar-refractivity contribution in [3.8, 4) is 0 Å². The fraction of sp³-hybridized carbons (Fsp3) is 0.400. The molecule has 98 valence electrons. The maximum Gasteiger partial charge on any atom is 0.357 e. The summed E-state index contributed by atoms with van der Waals surface area (Å²) in [6, 6.07) is -0.614. The van der Waals surface area contributed by atoms with Gasteiger partial charge in [0.25, 0.3) is 0 Å². The van der Waals surface area contributed by atoms with Crippen LogP contribution in [0.15, 0.2) is 6.33 Å². The van der Waals surface area contributed by atoms with Crippen LogP contribution in [0.25, 0.3) is 0 Å². The van der Waals surface area contributed by atoms with Gasteiger partial charge in [0.1, 0.15) is 6.33 Å². The van der Waals surface area contributed by atoms with Gasteiger partial charge < -0.3 is 15.1 Å². The summed E-state index contributed by atoms with van der Waals surface area (Å²) in [6.45, 7) is 4.23. The molecule has 1 aromatic rings. The predicted octanol–water partition coefficient (Wildman–Crippen LogP) is 0.589. The van der Waals surface area contributed by atoms with E-state index in [9.17, 15) is 14.4 Å². The van der Waals surface area contributed by atoms with Crippen LogP contribution in [-0.4, -0.2) is 55.7 Å². The maximum absolute atomic E-state index is 12.0. The second-order valence-electron chi connectivity index (χ2n) is 3.38. The lowest BCUT2D eigenvalue weighted by molar-refractivity contribution is 0.0641. The zero-order chi connectivity index (χ0) is 13.9. The maximum atomic E-state index is 12.0. The first-order valence-corrected chi connectivity index (χ1v) is 5.27. The van der Waals surface area contributed by atoms with Crippen molar-refractivity contribution in [3.63, 3.8) is 0 Å². The Balaban J connectivity index is 3.29. The fourth-order valence-electron chi connectivity index (χ4n) is 1.50. The van der Waals surface area contributed by atoms with Gasteiger partial charge in [0, 0.05) is 13.1 Å². The third kappa shape index (κ3) is 2.31. The van der Waals surface area contributed by atoms with Crippen molar-refractivity contribution in [2.75, 3.05) is 13.1 Å². The average Bonchev–Trinajstić information content (AvgIpc) is 2.74. The predicted molar refractivity (Wildman–Crippen MR) is 59.9 cm³/mol. The SMILES string of the molecule is CCN(CC)C(=O)n1cnc(C(=O)O)c1C(=O)O. The summed E-state index contributed by atoms with van der Waals surface area (Å²) in [5.41, 5.74) is -1.29. The van der Waals surface area contributed by atoms with E-state index in [2.05, 4.69) is 4.98 Å². The van der Waals surface area contributed by atoms with E-state index in [4.69, 9.17) is 10.2 Å². The van der Waals surface area contributed by atoms with Gasteiger partial charge >= 0.3 is 18.0 Å². The van der Waals surface area contributed by atoms with E-state index in [0.717, 1.165) is 10.9 Å². The zero-order valence-corrected chi connectivity index (χ0v) is 9.95. The van der Waals surface area contributed by atoms with Gasteiger partial charge in [-0.25, -0.2) is 23.9 Å². The Kier molecular flexibility index (Phi) is 4.03. The van der Waals surface area contributed by atoms with Gasteiger partial charge in [-0.05, 0) is 13.8 Å². The van der Waals surface area contributed by atoms with Gasteiger partial charge in [0.15, 0.2) is 11.4 Å². The van der Waals surface area contributed by atoms with Gasteiger partial charge in [-0.15, -0.1) is 0 Å². The molecule has 18 heavy (non-hydrogen) atoms. The van der Waals surface area contributed by atoms with E-state index < -0.39 is 29.4 Å². The van der Waals surface area contributed by atoms with Crippen molar-refractivity contribution in [1.82, 2.24) is 14.5 Å². The molecular weight excluding hydrogens is 242 g/mol. The number of carbonyl (C=O) groups is 3. The van der Waals surface area contributed by atoms with Crippen LogP contribution in [0.2, 0.25) is 0 Å². The molecule has 0 radical (unpaired) electrons. The number of carboxylic acids is 2. The van der Waals surface area contributed by atoms with E-state index in [1.54, 1.807) is 13.8 Å². The van der Waals surface area contributed by atoms with Gasteiger partial charge in [-0.1, -0.05) is 0 Å². The number of aromatic carboxylic acids is 2. The molecule has 1 amide bonds. The molecule has 0 aliphatic carbocycles. The number of carbonyl (C=O) groups excluding carboxylic acids is 1. The molecule has 0 saturated carbocycles. The topological polar surface area (TPSA) is 113 Å². The Morgan fingerprint density at radius 1 is 1.22 bits per heavy atom. The molecule has 8 heteroatoms. The minimum atomic E-state index is -1.51. The number of rotatable bonds is 4. The normalized spacial score (nSPS) is 10.1. The Labute approximate surface area is 102 Å². The van der Waals surface area contributed by atoms with Crippen molar-refractivity contribution < 1.29 is 24.6 Å². The number of nitrogens with zero attached hydrogens (tertiary/aromatic N) is 3. The van der Waals surface area contributed by atoms with Crippen LogP contribution in [0.3, 0.4) is 0 Å². The van der Waals surface area contributed by atoms with Crippen LogP contribution >= 0.6 is 0 Å². The van der Waals surface area contributed by atoms with Gasteiger partial charge in [0.05, 0.1) is 0 Å². The lowest BCUT2D eigenvalue weighted by Gasteiger charge is -2.19. The molecule has 0 spiro atoms. The first-order chi connectivity index (χ1) is 8.43. The largest absolute Gasteiger partial charge is 0.476 e. The Morgan fingerprint density at radius 2 is 1.78 bits per heavy atom. The number of carboxylic acid groups (broad SMARTS) is 2. The summed E-state index contributed by atoms with van der Waals surface area (Å²) in [5, 5.41) is 17.8. The molecule has 1 rings (SSSR count). The molecule has 1 aromatic heterocycles. The van der Waals surface area contributed by atoms with E-state index in [0.29, 0.717) is 13.1 Å². The molecule has 0 unspecified atom stereocenters. The van der Waals surface area contributed by atoms with E-state index >= 15 is 0 Å². The molecule has 0 bridgehead atoms. The highest BCUT2D eigenvalue weighted by molar-refractivity contribution is 6.01. The molecular formula is C10H13N3O5. The first kappa shape index (κ1) is 13.7. The third-order valence-electron chi connectivity index (χ3n) is 2.41. The summed E-state index contributed by atoms with van der Waals surface area (Å²) in [7, 11) is 0. The van der Waals surface area contributed by atoms with Gasteiger partial charge in [-0.2, -0.15) is 0 Å². The molecule has 1 heterocycles. The number of aromatic nitrogens is 2. The number of hydrogen-bond donors (Lipinski definition) is 2. The number of imidazole rings is 1. The van der Waals surface area contributed by atoms with Gasteiger partial charge in [0.2, 0.25) is 0 Å². The van der Waals surface area contributed by atoms with Crippen LogP contribution in [0, 0.1) is 0 Å². The van der Waals surface area contributed by atoms with Crippen LogP contribution in [0.5, 0.6) is 0 Å². The summed E-state index contributed by atoms with van der Waals surface area (Å²) >= 11 is 0. The van der Waals surface area contributed by atoms with Crippen LogP contribution in [0.1, 0.15) is 34.8 Å². The molecule has 2 N–H and O–H groups in total. The standard InChI is InChI=1S/C10H13N3O5/c1-3-12(4-2)10(18)13-5-11-6(8(14)15)7(13)9(16)17/h5H,3-4H2,1-2H3,(H,14,15)(H,16,17). The summed E-state index contributed by atoms with van der Waals surface area (Å²) in [4.78, 5) is 38.6. The average molecular weight is 255 g/mol. The van der Waals surface area contributed by atoms with Crippen molar-refractivity contribution >= 4 is 18.0 Å².